The first-order valence-corrected chi connectivity index (χ1v) is 9.58. The highest BCUT2D eigenvalue weighted by Gasteiger charge is 2.38. The number of hydrogen-bond donors (Lipinski definition) is 3. The number of fused-ring (bicyclic) bond motifs is 1. The van der Waals surface area contributed by atoms with Crippen molar-refractivity contribution in [3.8, 4) is 0 Å². The van der Waals surface area contributed by atoms with Gasteiger partial charge in [-0.25, -0.2) is 4.79 Å². The molecule has 4 rings (SSSR count). The summed E-state index contributed by atoms with van der Waals surface area (Å²) in [7, 11) is 0. The fourth-order valence-corrected chi connectivity index (χ4v) is 3.52. The fraction of sp³-hybridized carbons (Fsp3) is 0.286. The van der Waals surface area contributed by atoms with Crippen molar-refractivity contribution in [2.75, 3.05) is 6.54 Å². The van der Waals surface area contributed by atoms with E-state index in [1.807, 2.05) is 30.5 Å². The summed E-state index contributed by atoms with van der Waals surface area (Å²) in [5.41, 5.74) is 2.22. The van der Waals surface area contributed by atoms with Gasteiger partial charge in [-0.05, 0) is 36.6 Å². The van der Waals surface area contributed by atoms with Gasteiger partial charge in [0, 0.05) is 30.1 Å². The third-order valence-corrected chi connectivity index (χ3v) is 5.05. The summed E-state index contributed by atoms with van der Waals surface area (Å²) in [6.07, 6.45) is 4.59. The summed E-state index contributed by atoms with van der Waals surface area (Å²) in [5, 5.41) is 6.66. The minimum atomic E-state index is -0.683. The standard InChI is InChI=1S/C21H22N4O4/c26-19(22-10-9-14-12-23-17-6-2-1-5-16(14)17)8-7-18-20(27)25(21(28)24-18)13-15-4-3-11-29-15/h1-6,11-12,18,23H,7-10,13H2,(H,22,26)(H,24,28). The Labute approximate surface area is 167 Å². The van der Waals surface area contributed by atoms with Crippen LogP contribution < -0.4 is 10.6 Å². The van der Waals surface area contributed by atoms with Gasteiger partial charge in [0.05, 0.1) is 12.8 Å². The van der Waals surface area contributed by atoms with Gasteiger partial charge < -0.3 is 20.0 Å². The van der Waals surface area contributed by atoms with Crippen LogP contribution in [-0.2, 0) is 22.6 Å². The second-order valence-corrected chi connectivity index (χ2v) is 7.00. The van der Waals surface area contributed by atoms with E-state index in [-0.39, 0.29) is 31.2 Å². The molecule has 0 aliphatic carbocycles. The summed E-state index contributed by atoms with van der Waals surface area (Å²) in [6, 6.07) is 10.3. The molecule has 0 spiro atoms. The van der Waals surface area contributed by atoms with Gasteiger partial charge in [0.15, 0.2) is 0 Å². The molecule has 2 aromatic heterocycles. The highest BCUT2D eigenvalue weighted by Crippen LogP contribution is 2.18. The maximum atomic E-state index is 12.4. The van der Waals surface area contributed by atoms with Crippen molar-refractivity contribution >= 4 is 28.7 Å². The van der Waals surface area contributed by atoms with E-state index in [2.05, 4.69) is 15.6 Å². The zero-order valence-corrected chi connectivity index (χ0v) is 15.8. The molecule has 0 radical (unpaired) electrons. The molecule has 1 atom stereocenters. The highest BCUT2D eigenvalue weighted by molar-refractivity contribution is 6.04. The first-order valence-electron chi connectivity index (χ1n) is 9.58. The number of rotatable bonds is 8. The van der Waals surface area contributed by atoms with Crippen molar-refractivity contribution in [3.05, 3.63) is 60.2 Å². The lowest BCUT2D eigenvalue weighted by atomic mass is 10.1. The molecule has 1 unspecified atom stereocenters. The predicted octanol–water partition coefficient (Wildman–Crippen LogP) is 2.32. The van der Waals surface area contributed by atoms with Gasteiger partial charge in [-0.1, -0.05) is 18.2 Å². The lowest BCUT2D eigenvalue weighted by Gasteiger charge is -2.11. The Balaban J connectivity index is 1.22. The number of benzene rings is 1. The quantitative estimate of drug-likeness (QED) is 0.510. The van der Waals surface area contributed by atoms with Crippen molar-refractivity contribution in [1.29, 1.82) is 0 Å². The molecule has 4 amide bonds. The molecule has 29 heavy (non-hydrogen) atoms. The number of aromatic nitrogens is 1. The third kappa shape index (κ3) is 4.16. The average Bonchev–Trinajstić information content (AvgIpc) is 3.44. The molecule has 1 aliphatic rings. The van der Waals surface area contributed by atoms with Crippen LogP contribution in [0.5, 0.6) is 0 Å². The molecular weight excluding hydrogens is 372 g/mol. The Morgan fingerprint density at radius 1 is 1.17 bits per heavy atom. The van der Waals surface area contributed by atoms with Crippen LogP contribution in [0.2, 0.25) is 0 Å². The van der Waals surface area contributed by atoms with Crippen molar-refractivity contribution in [1.82, 2.24) is 20.5 Å². The number of nitrogens with one attached hydrogen (secondary N) is 3. The van der Waals surface area contributed by atoms with Crippen LogP contribution in [0.4, 0.5) is 4.79 Å². The monoisotopic (exact) mass is 394 g/mol. The molecule has 3 heterocycles. The number of carbonyl (C=O) groups is 3. The van der Waals surface area contributed by atoms with Gasteiger partial charge in [0.2, 0.25) is 5.91 Å². The molecule has 1 saturated heterocycles. The molecule has 1 aliphatic heterocycles. The largest absolute Gasteiger partial charge is 0.467 e. The van der Waals surface area contributed by atoms with Crippen LogP contribution >= 0.6 is 0 Å². The summed E-state index contributed by atoms with van der Waals surface area (Å²) in [5.74, 6) is 0.0542. The highest BCUT2D eigenvalue weighted by atomic mass is 16.3. The smallest absolute Gasteiger partial charge is 0.325 e. The normalized spacial score (nSPS) is 16.4. The Hall–Kier alpha value is -3.55. The van der Waals surface area contributed by atoms with Crippen LogP contribution in [0.3, 0.4) is 0 Å². The van der Waals surface area contributed by atoms with Gasteiger partial charge in [-0.15, -0.1) is 0 Å². The number of furan rings is 1. The number of para-hydroxylation sites is 1. The van der Waals surface area contributed by atoms with E-state index in [9.17, 15) is 14.4 Å². The molecule has 150 valence electrons. The molecule has 8 heteroatoms. The van der Waals surface area contributed by atoms with Crippen molar-refractivity contribution < 1.29 is 18.8 Å². The van der Waals surface area contributed by atoms with E-state index in [1.54, 1.807) is 12.1 Å². The van der Waals surface area contributed by atoms with Crippen LogP contribution in [0.15, 0.2) is 53.3 Å². The van der Waals surface area contributed by atoms with E-state index < -0.39 is 12.1 Å². The minimum Gasteiger partial charge on any atom is -0.467 e. The topological polar surface area (TPSA) is 107 Å². The van der Waals surface area contributed by atoms with Crippen LogP contribution in [-0.4, -0.2) is 40.3 Å². The number of amides is 4. The van der Waals surface area contributed by atoms with E-state index in [4.69, 9.17) is 4.42 Å². The predicted molar refractivity (Wildman–Crippen MR) is 106 cm³/mol. The average molecular weight is 394 g/mol. The van der Waals surface area contributed by atoms with E-state index in [0.717, 1.165) is 21.4 Å². The van der Waals surface area contributed by atoms with E-state index >= 15 is 0 Å². The molecular formula is C21H22N4O4. The minimum absolute atomic E-state index is 0.0883. The Kier molecular flexibility index (Phi) is 5.33. The molecule has 8 nitrogen and oxygen atoms in total. The molecule has 0 saturated carbocycles. The maximum Gasteiger partial charge on any atom is 0.325 e. The lowest BCUT2D eigenvalue weighted by molar-refractivity contribution is -0.128. The number of hydrogen-bond acceptors (Lipinski definition) is 4. The number of H-pyrrole nitrogens is 1. The lowest BCUT2D eigenvalue weighted by Crippen LogP contribution is -2.33. The number of imide groups is 1. The summed E-state index contributed by atoms with van der Waals surface area (Å²) < 4.78 is 5.19. The molecule has 1 aromatic carbocycles. The van der Waals surface area contributed by atoms with Gasteiger partial charge in [-0.3, -0.25) is 14.5 Å². The van der Waals surface area contributed by atoms with Crippen molar-refractivity contribution in [3.63, 3.8) is 0 Å². The number of nitrogens with zero attached hydrogens (tertiary/aromatic N) is 1. The summed E-state index contributed by atoms with van der Waals surface area (Å²) >= 11 is 0. The van der Waals surface area contributed by atoms with E-state index in [1.165, 1.54) is 6.26 Å². The second-order valence-electron chi connectivity index (χ2n) is 7.00. The van der Waals surface area contributed by atoms with Gasteiger partial charge in [0.25, 0.3) is 5.91 Å². The summed E-state index contributed by atoms with van der Waals surface area (Å²) in [4.78, 5) is 40.9. The Morgan fingerprint density at radius 3 is 2.86 bits per heavy atom. The van der Waals surface area contributed by atoms with E-state index in [0.29, 0.717) is 18.7 Å². The molecule has 3 aromatic rings. The third-order valence-electron chi connectivity index (χ3n) is 5.05. The zero-order valence-electron chi connectivity index (χ0n) is 15.8. The van der Waals surface area contributed by atoms with Crippen molar-refractivity contribution in [2.45, 2.75) is 31.8 Å². The number of aromatic amines is 1. The Morgan fingerprint density at radius 2 is 2.03 bits per heavy atom. The van der Waals surface area contributed by atoms with Gasteiger partial charge in [0.1, 0.15) is 11.8 Å². The first kappa shape index (κ1) is 18.8. The SMILES string of the molecule is O=C(CCC1NC(=O)N(Cc2ccco2)C1=O)NCCc1c[nH]c2ccccc12. The van der Waals surface area contributed by atoms with Gasteiger partial charge >= 0.3 is 6.03 Å². The Bertz CT molecular complexity index is 1020. The molecule has 3 N–H and O–H groups in total. The van der Waals surface area contributed by atoms with Crippen molar-refractivity contribution in [2.24, 2.45) is 0 Å². The van der Waals surface area contributed by atoms with Crippen LogP contribution in [0, 0.1) is 0 Å². The second kappa shape index (κ2) is 8.22. The van der Waals surface area contributed by atoms with Gasteiger partial charge in [-0.2, -0.15) is 0 Å². The molecule has 0 bridgehead atoms. The summed E-state index contributed by atoms with van der Waals surface area (Å²) in [6.45, 7) is 0.598. The van der Waals surface area contributed by atoms with Crippen LogP contribution in [0.25, 0.3) is 10.9 Å². The molecule has 1 fully saturated rings. The maximum absolute atomic E-state index is 12.4. The zero-order chi connectivity index (χ0) is 20.2. The number of carbonyl (C=O) groups excluding carboxylic acids is 3. The fourth-order valence-electron chi connectivity index (χ4n) is 3.52. The van der Waals surface area contributed by atoms with Crippen LogP contribution in [0.1, 0.15) is 24.2 Å². The number of urea groups is 1. The first-order chi connectivity index (χ1) is 14.1.